The van der Waals surface area contributed by atoms with Crippen LogP contribution in [0.5, 0.6) is 0 Å². The molecular formula is C10H14N4. The van der Waals surface area contributed by atoms with Gasteiger partial charge >= 0.3 is 0 Å². The molecule has 0 aromatic carbocycles. The van der Waals surface area contributed by atoms with Crippen molar-refractivity contribution in [1.82, 2.24) is 19.6 Å². The van der Waals surface area contributed by atoms with Crippen LogP contribution in [0.1, 0.15) is 11.3 Å². The Balaban J connectivity index is 1.94. The minimum atomic E-state index is 0.979. The first-order valence-electron chi connectivity index (χ1n) is 4.70. The molecule has 0 bridgehead atoms. The third-order valence-electron chi connectivity index (χ3n) is 2.20. The molecule has 2 heterocycles. The molecule has 0 N–H and O–H groups in total. The van der Waals surface area contributed by atoms with Gasteiger partial charge in [-0.05, 0) is 24.5 Å². The Labute approximate surface area is 83.2 Å². The highest BCUT2D eigenvalue weighted by Gasteiger charge is 1.99. The van der Waals surface area contributed by atoms with E-state index < -0.39 is 0 Å². The zero-order chi connectivity index (χ0) is 9.97. The second-order valence-electron chi connectivity index (χ2n) is 3.50. The smallest absolute Gasteiger partial charge is 0.0627 e. The van der Waals surface area contributed by atoms with Gasteiger partial charge in [-0.2, -0.15) is 10.2 Å². The number of aryl methyl sites for hydroxylation is 4. The van der Waals surface area contributed by atoms with Crippen LogP contribution in [0.3, 0.4) is 0 Å². The van der Waals surface area contributed by atoms with Crippen molar-refractivity contribution in [2.24, 2.45) is 14.1 Å². The molecule has 2 aromatic rings. The molecule has 0 aliphatic carbocycles. The fourth-order valence-corrected chi connectivity index (χ4v) is 1.47. The van der Waals surface area contributed by atoms with E-state index >= 15 is 0 Å². The lowest BCUT2D eigenvalue weighted by atomic mass is 10.1. The summed E-state index contributed by atoms with van der Waals surface area (Å²) in [4.78, 5) is 0. The topological polar surface area (TPSA) is 35.6 Å². The van der Waals surface area contributed by atoms with Crippen LogP contribution in [-0.4, -0.2) is 19.6 Å². The predicted molar refractivity (Wildman–Crippen MR) is 53.8 cm³/mol. The van der Waals surface area contributed by atoms with Crippen LogP contribution in [0.15, 0.2) is 24.7 Å². The Hall–Kier alpha value is -1.58. The molecule has 4 nitrogen and oxygen atoms in total. The molecular weight excluding hydrogens is 176 g/mol. The van der Waals surface area contributed by atoms with Crippen molar-refractivity contribution in [3.63, 3.8) is 0 Å². The van der Waals surface area contributed by atoms with Gasteiger partial charge in [0.15, 0.2) is 0 Å². The Kier molecular flexibility index (Phi) is 2.35. The van der Waals surface area contributed by atoms with Gasteiger partial charge in [-0.1, -0.05) is 0 Å². The summed E-state index contributed by atoms with van der Waals surface area (Å²) in [6.45, 7) is 0. The van der Waals surface area contributed by atoms with Gasteiger partial charge in [0, 0.05) is 26.5 Å². The van der Waals surface area contributed by atoms with Gasteiger partial charge in [0.25, 0.3) is 0 Å². The van der Waals surface area contributed by atoms with Gasteiger partial charge in [0.1, 0.15) is 0 Å². The predicted octanol–water partition coefficient (Wildman–Crippen LogP) is 0.939. The summed E-state index contributed by atoms with van der Waals surface area (Å²) in [6, 6.07) is 2.05. The third-order valence-corrected chi connectivity index (χ3v) is 2.20. The molecule has 2 rings (SSSR count). The molecule has 0 amide bonds. The number of hydrogen-bond donors (Lipinski definition) is 0. The average Bonchev–Trinajstić information content (AvgIpc) is 2.72. The maximum atomic E-state index is 4.32. The summed E-state index contributed by atoms with van der Waals surface area (Å²) in [7, 11) is 3.87. The molecule has 0 saturated heterocycles. The Bertz CT molecular complexity index is 373. The van der Waals surface area contributed by atoms with Crippen LogP contribution in [0.25, 0.3) is 0 Å². The molecule has 0 atom stereocenters. The highest BCUT2D eigenvalue weighted by molar-refractivity contribution is 5.08. The Morgan fingerprint density at radius 1 is 1.21 bits per heavy atom. The first-order chi connectivity index (χ1) is 6.74. The zero-order valence-electron chi connectivity index (χ0n) is 8.51. The van der Waals surface area contributed by atoms with Crippen molar-refractivity contribution in [3.05, 3.63) is 35.9 Å². The molecule has 74 valence electrons. The maximum absolute atomic E-state index is 4.32. The highest BCUT2D eigenvalue weighted by atomic mass is 15.2. The van der Waals surface area contributed by atoms with Crippen LogP contribution < -0.4 is 0 Å². The van der Waals surface area contributed by atoms with Gasteiger partial charge in [0.2, 0.25) is 0 Å². The summed E-state index contributed by atoms with van der Waals surface area (Å²) in [6.07, 6.45) is 7.90. The van der Waals surface area contributed by atoms with E-state index in [0.29, 0.717) is 0 Å². The minimum Gasteiger partial charge on any atom is -0.276 e. The second-order valence-corrected chi connectivity index (χ2v) is 3.50. The van der Waals surface area contributed by atoms with Gasteiger partial charge in [0.05, 0.1) is 11.9 Å². The summed E-state index contributed by atoms with van der Waals surface area (Å²) in [5.41, 5.74) is 2.40. The zero-order valence-corrected chi connectivity index (χ0v) is 8.51. The van der Waals surface area contributed by atoms with Crippen molar-refractivity contribution < 1.29 is 0 Å². The fraction of sp³-hybridized carbons (Fsp3) is 0.400. The first kappa shape index (κ1) is 8.99. The standard InChI is InChI=1S/C10H14N4/c1-13-6-5-10(12-13)4-3-9-7-11-14(2)8-9/h5-8H,3-4H2,1-2H3. The van der Waals surface area contributed by atoms with E-state index in [1.807, 2.05) is 42.0 Å². The van der Waals surface area contributed by atoms with E-state index in [-0.39, 0.29) is 0 Å². The summed E-state index contributed by atoms with van der Waals surface area (Å²) in [5.74, 6) is 0. The molecule has 14 heavy (non-hydrogen) atoms. The van der Waals surface area contributed by atoms with E-state index in [4.69, 9.17) is 0 Å². The molecule has 0 spiro atoms. The Morgan fingerprint density at radius 2 is 2.07 bits per heavy atom. The van der Waals surface area contributed by atoms with Gasteiger partial charge in [-0.3, -0.25) is 9.36 Å². The van der Waals surface area contributed by atoms with Crippen molar-refractivity contribution >= 4 is 0 Å². The molecule has 0 fully saturated rings. The quantitative estimate of drug-likeness (QED) is 0.722. The summed E-state index contributed by atoms with van der Waals surface area (Å²) < 4.78 is 3.66. The van der Waals surface area contributed by atoms with Crippen LogP contribution in [0.2, 0.25) is 0 Å². The van der Waals surface area contributed by atoms with Gasteiger partial charge in [-0.15, -0.1) is 0 Å². The normalized spacial score (nSPS) is 10.7. The molecule has 0 unspecified atom stereocenters. The molecule has 0 aliphatic rings. The van der Waals surface area contributed by atoms with E-state index in [1.54, 1.807) is 0 Å². The molecule has 0 saturated carbocycles. The SMILES string of the molecule is Cn1cc(CCc2ccn(C)n2)cn1. The van der Waals surface area contributed by atoms with Crippen LogP contribution in [-0.2, 0) is 26.9 Å². The third kappa shape index (κ3) is 2.02. The second kappa shape index (κ2) is 3.65. The Morgan fingerprint density at radius 3 is 2.64 bits per heavy atom. The van der Waals surface area contributed by atoms with Gasteiger partial charge < -0.3 is 0 Å². The molecule has 4 heteroatoms. The largest absolute Gasteiger partial charge is 0.276 e. The van der Waals surface area contributed by atoms with Gasteiger partial charge in [-0.25, -0.2) is 0 Å². The number of hydrogen-bond acceptors (Lipinski definition) is 2. The van der Waals surface area contributed by atoms with E-state index in [1.165, 1.54) is 5.56 Å². The highest BCUT2D eigenvalue weighted by Crippen LogP contribution is 2.03. The number of aromatic nitrogens is 4. The van der Waals surface area contributed by atoms with E-state index in [0.717, 1.165) is 18.5 Å². The molecule has 0 radical (unpaired) electrons. The summed E-state index contributed by atoms with van der Waals surface area (Å²) >= 11 is 0. The van der Waals surface area contributed by atoms with Crippen LogP contribution in [0.4, 0.5) is 0 Å². The fourth-order valence-electron chi connectivity index (χ4n) is 1.47. The molecule has 0 aliphatic heterocycles. The lowest BCUT2D eigenvalue weighted by Crippen LogP contribution is -1.94. The van der Waals surface area contributed by atoms with Crippen LogP contribution in [0, 0.1) is 0 Å². The molecule has 2 aromatic heterocycles. The van der Waals surface area contributed by atoms with E-state index in [9.17, 15) is 0 Å². The lowest BCUT2D eigenvalue weighted by Gasteiger charge is -1.93. The van der Waals surface area contributed by atoms with Crippen molar-refractivity contribution in [2.45, 2.75) is 12.8 Å². The van der Waals surface area contributed by atoms with Crippen LogP contribution >= 0.6 is 0 Å². The van der Waals surface area contributed by atoms with Crippen molar-refractivity contribution in [2.75, 3.05) is 0 Å². The first-order valence-corrected chi connectivity index (χ1v) is 4.70. The minimum absolute atomic E-state index is 0.979. The monoisotopic (exact) mass is 190 g/mol. The summed E-state index contributed by atoms with van der Waals surface area (Å²) in [5, 5.41) is 8.45. The number of nitrogens with zero attached hydrogens (tertiary/aromatic N) is 4. The number of rotatable bonds is 3. The average molecular weight is 190 g/mol. The lowest BCUT2D eigenvalue weighted by molar-refractivity contribution is 0.736. The van der Waals surface area contributed by atoms with Crippen molar-refractivity contribution in [1.29, 1.82) is 0 Å². The van der Waals surface area contributed by atoms with E-state index in [2.05, 4.69) is 16.3 Å². The maximum Gasteiger partial charge on any atom is 0.0627 e. The van der Waals surface area contributed by atoms with Crippen molar-refractivity contribution in [3.8, 4) is 0 Å².